The molecule has 5 nitrogen and oxygen atoms in total. The normalized spacial score (nSPS) is 18.0. The first-order valence-electron chi connectivity index (χ1n) is 9.05. The van der Waals surface area contributed by atoms with Crippen LogP contribution >= 0.6 is 11.8 Å². The van der Waals surface area contributed by atoms with Gasteiger partial charge in [0.2, 0.25) is 5.91 Å². The number of amides is 2. The van der Waals surface area contributed by atoms with Gasteiger partial charge < -0.3 is 5.32 Å². The molecule has 6 heteroatoms. The summed E-state index contributed by atoms with van der Waals surface area (Å²) in [5.74, 6) is -0.589. The van der Waals surface area contributed by atoms with Gasteiger partial charge in [-0.05, 0) is 38.0 Å². The van der Waals surface area contributed by atoms with Gasteiger partial charge in [0.05, 0.1) is 5.25 Å². The third kappa shape index (κ3) is 4.26. The summed E-state index contributed by atoms with van der Waals surface area (Å²) in [5, 5.41) is 12.5. The van der Waals surface area contributed by atoms with Crippen LogP contribution in [0.2, 0.25) is 0 Å². The maximum absolute atomic E-state index is 12.7. The Morgan fingerprint density at radius 1 is 1.18 bits per heavy atom. The SMILES string of the molecule is Cc1ccc(N2C(=O)[C@H](C)S/C2=C(\C#N)C(=O)NCCc2ccccc2)cc1. The Kier molecular flexibility index (Phi) is 6.17. The fourth-order valence-electron chi connectivity index (χ4n) is 2.91. The van der Waals surface area contributed by atoms with E-state index in [1.165, 1.54) is 16.7 Å². The van der Waals surface area contributed by atoms with Crippen molar-refractivity contribution >= 4 is 29.3 Å². The minimum atomic E-state index is -0.458. The predicted octanol–water partition coefficient (Wildman–Crippen LogP) is 3.56. The Hall–Kier alpha value is -3.04. The first-order chi connectivity index (χ1) is 13.5. The van der Waals surface area contributed by atoms with Crippen molar-refractivity contribution in [3.8, 4) is 6.07 Å². The second kappa shape index (κ2) is 8.77. The second-order valence-electron chi connectivity index (χ2n) is 6.55. The minimum Gasteiger partial charge on any atom is -0.351 e. The van der Waals surface area contributed by atoms with E-state index in [1.807, 2.05) is 67.6 Å². The molecule has 0 radical (unpaired) electrons. The van der Waals surface area contributed by atoms with Crippen molar-refractivity contribution in [1.29, 1.82) is 5.26 Å². The number of carbonyl (C=O) groups is 2. The van der Waals surface area contributed by atoms with Crippen LogP contribution < -0.4 is 10.2 Å². The number of aryl methyl sites for hydroxylation is 1. The van der Waals surface area contributed by atoms with Gasteiger partial charge in [0.15, 0.2) is 0 Å². The fourth-order valence-corrected chi connectivity index (χ4v) is 4.01. The lowest BCUT2D eigenvalue weighted by Gasteiger charge is -2.18. The van der Waals surface area contributed by atoms with E-state index in [9.17, 15) is 14.9 Å². The standard InChI is InChI=1S/C22H21N3O2S/c1-15-8-10-18(11-9-15)25-21(27)16(2)28-22(25)19(14-23)20(26)24-13-12-17-6-4-3-5-7-17/h3-11,16H,12-13H2,1-2H3,(H,24,26)/b22-19+/t16-/m0/s1. The lowest BCUT2D eigenvalue weighted by molar-refractivity contribution is -0.117. The zero-order chi connectivity index (χ0) is 20.1. The van der Waals surface area contributed by atoms with Crippen molar-refractivity contribution in [3.63, 3.8) is 0 Å². The van der Waals surface area contributed by atoms with Crippen molar-refractivity contribution in [2.24, 2.45) is 0 Å². The van der Waals surface area contributed by atoms with Gasteiger partial charge in [-0.3, -0.25) is 14.5 Å². The first-order valence-corrected chi connectivity index (χ1v) is 9.93. The highest BCUT2D eigenvalue weighted by molar-refractivity contribution is 8.05. The highest BCUT2D eigenvalue weighted by Crippen LogP contribution is 2.40. The maximum atomic E-state index is 12.7. The molecular formula is C22H21N3O2S. The number of rotatable bonds is 5. The summed E-state index contributed by atoms with van der Waals surface area (Å²) in [6.45, 7) is 4.16. The Morgan fingerprint density at radius 3 is 2.50 bits per heavy atom. The number of nitrogens with zero attached hydrogens (tertiary/aromatic N) is 2. The number of nitriles is 1. The van der Waals surface area contributed by atoms with Crippen molar-refractivity contribution in [2.75, 3.05) is 11.4 Å². The quantitative estimate of drug-likeness (QED) is 0.625. The molecular weight excluding hydrogens is 370 g/mol. The zero-order valence-electron chi connectivity index (χ0n) is 15.8. The molecule has 0 saturated carbocycles. The Morgan fingerprint density at radius 2 is 1.86 bits per heavy atom. The van der Waals surface area contributed by atoms with Crippen molar-refractivity contribution in [1.82, 2.24) is 5.32 Å². The monoisotopic (exact) mass is 391 g/mol. The van der Waals surface area contributed by atoms with Gasteiger partial charge in [0.25, 0.3) is 5.91 Å². The van der Waals surface area contributed by atoms with Crippen LogP contribution in [0.4, 0.5) is 5.69 Å². The molecule has 0 spiro atoms. The molecule has 1 aliphatic heterocycles. The van der Waals surface area contributed by atoms with Gasteiger partial charge in [0, 0.05) is 12.2 Å². The molecule has 0 aromatic heterocycles. The van der Waals surface area contributed by atoms with Gasteiger partial charge >= 0.3 is 0 Å². The molecule has 28 heavy (non-hydrogen) atoms. The number of anilines is 1. The summed E-state index contributed by atoms with van der Waals surface area (Å²) in [6.07, 6.45) is 0.671. The summed E-state index contributed by atoms with van der Waals surface area (Å²) in [7, 11) is 0. The maximum Gasteiger partial charge on any atom is 0.264 e. The minimum absolute atomic E-state index is 0.0312. The number of hydrogen-bond donors (Lipinski definition) is 1. The van der Waals surface area contributed by atoms with Crippen LogP contribution in [-0.2, 0) is 16.0 Å². The average Bonchev–Trinajstić information content (AvgIpc) is 2.98. The van der Waals surface area contributed by atoms with E-state index in [2.05, 4.69) is 5.32 Å². The molecule has 0 aliphatic carbocycles. The molecule has 0 unspecified atom stereocenters. The number of thioether (sulfide) groups is 1. The van der Waals surface area contributed by atoms with Gasteiger partial charge in [-0.2, -0.15) is 5.26 Å². The van der Waals surface area contributed by atoms with Gasteiger partial charge in [0.1, 0.15) is 16.7 Å². The van der Waals surface area contributed by atoms with Crippen LogP contribution in [0.3, 0.4) is 0 Å². The highest BCUT2D eigenvalue weighted by Gasteiger charge is 2.38. The zero-order valence-corrected chi connectivity index (χ0v) is 16.6. The van der Waals surface area contributed by atoms with Crippen LogP contribution in [0.5, 0.6) is 0 Å². The van der Waals surface area contributed by atoms with Crippen LogP contribution in [0, 0.1) is 18.3 Å². The Balaban J connectivity index is 1.82. The van der Waals surface area contributed by atoms with Crippen LogP contribution in [-0.4, -0.2) is 23.6 Å². The number of carbonyl (C=O) groups excluding carboxylic acids is 2. The van der Waals surface area contributed by atoms with Crippen molar-refractivity contribution in [3.05, 3.63) is 76.3 Å². The fraction of sp³-hybridized carbons (Fsp3) is 0.227. The van der Waals surface area contributed by atoms with Crippen LogP contribution in [0.1, 0.15) is 18.1 Å². The van der Waals surface area contributed by atoms with Gasteiger partial charge in [-0.1, -0.05) is 59.8 Å². The molecule has 1 aliphatic rings. The molecule has 1 heterocycles. The summed E-state index contributed by atoms with van der Waals surface area (Å²) < 4.78 is 0. The third-order valence-corrected chi connectivity index (χ3v) is 5.61. The number of benzene rings is 2. The topological polar surface area (TPSA) is 73.2 Å². The molecule has 1 atom stereocenters. The molecule has 2 aromatic carbocycles. The predicted molar refractivity (Wildman–Crippen MR) is 112 cm³/mol. The lowest BCUT2D eigenvalue weighted by atomic mass is 10.1. The van der Waals surface area contributed by atoms with E-state index in [-0.39, 0.29) is 16.7 Å². The summed E-state index contributed by atoms with van der Waals surface area (Å²) in [5.41, 5.74) is 2.80. The molecule has 2 amide bonds. The number of hydrogen-bond acceptors (Lipinski definition) is 4. The highest BCUT2D eigenvalue weighted by atomic mass is 32.2. The second-order valence-corrected chi connectivity index (χ2v) is 7.88. The number of nitrogens with one attached hydrogen (secondary N) is 1. The Labute approximate surface area is 169 Å². The molecule has 142 valence electrons. The first kappa shape index (κ1) is 19.7. The summed E-state index contributed by atoms with van der Waals surface area (Å²) in [4.78, 5) is 26.8. The largest absolute Gasteiger partial charge is 0.351 e. The molecule has 2 aromatic rings. The van der Waals surface area contributed by atoms with Crippen LogP contribution in [0.15, 0.2) is 65.2 Å². The van der Waals surface area contributed by atoms with Crippen molar-refractivity contribution in [2.45, 2.75) is 25.5 Å². The molecule has 3 rings (SSSR count). The summed E-state index contributed by atoms with van der Waals surface area (Å²) >= 11 is 1.24. The van der Waals surface area contributed by atoms with E-state index < -0.39 is 5.91 Å². The van der Waals surface area contributed by atoms with Crippen LogP contribution in [0.25, 0.3) is 0 Å². The van der Waals surface area contributed by atoms with E-state index in [0.29, 0.717) is 23.7 Å². The Bertz CT molecular complexity index is 946. The molecule has 0 bridgehead atoms. The van der Waals surface area contributed by atoms with Crippen molar-refractivity contribution < 1.29 is 9.59 Å². The van der Waals surface area contributed by atoms with Gasteiger partial charge in [-0.25, -0.2) is 0 Å². The molecule has 1 N–H and O–H groups in total. The van der Waals surface area contributed by atoms with Gasteiger partial charge in [-0.15, -0.1) is 0 Å². The van der Waals surface area contributed by atoms with E-state index in [4.69, 9.17) is 0 Å². The third-order valence-electron chi connectivity index (χ3n) is 4.45. The van der Waals surface area contributed by atoms with E-state index in [1.54, 1.807) is 6.92 Å². The lowest BCUT2D eigenvalue weighted by Crippen LogP contribution is -2.31. The molecule has 1 saturated heterocycles. The average molecular weight is 391 g/mol. The smallest absolute Gasteiger partial charge is 0.264 e. The summed E-state index contributed by atoms with van der Waals surface area (Å²) in [6, 6.07) is 19.3. The van der Waals surface area contributed by atoms with E-state index in [0.717, 1.165) is 11.1 Å². The van der Waals surface area contributed by atoms with E-state index >= 15 is 0 Å². The molecule has 1 fully saturated rings.